The molecule has 20 heavy (non-hydrogen) atoms. The topological polar surface area (TPSA) is 82.7 Å². The molecule has 110 valence electrons. The molecular formula is C13H20N4O3. The van der Waals surface area contributed by atoms with Crippen LogP contribution in [0.1, 0.15) is 12.5 Å². The Morgan fingerprint density at radius 1 is 1.15 bits per heavy atom. The zero-order valence-corrected chi connectivity index (χ0v) is 11.9. The molecule has 0 aliphatic rings. The minimum absolute atomic E-state index is 0.239. The van der Waals surface area contributed by atoms with Crippen LogP contribution in [0.2, 0.25) is 0 Å². The van der Waals surface area contributed by atoms with Crippen LogP contribution in [0, 0.1) is 0 Å². The fourth-order valence-electron chi connectivity index (χ4n) is 1.50. The highest BCUT2D eigenvalue weighted by molar-refractivity contribution is 5.90. The zero-order valence-electron chi connectivity index (χ0n) is 11.9. The number of ether oxygens (including phenoxy) is 1. The number of hydrazine groups is 1. The maximum atomic E-state index is 11.5. The van der Waals surface area contributed by atoms with E-state index in [1.165, 1.54) is 0 Å². The Morgan fingerprint density at radius 2 is 1.80 bits per heavy atom. The van der Waals surface area contributed by atoms with Crippen molar-refractivity contribution in [3.8, 4) is 0 Å². The highest BCUT2D eigenvalue weighted by Gasteiger charge is 2.04. The van der Waals surface area contributed by atoms with Gasteiger partial charge in [0.05, 0.1) is 6.61 Å². The van der Waals surface area contributed by atoms with Crippen molar-refractivity contribution in [2.24, 2.45) is 0 Å². The Morgan fingerprint density at radius 3 is 2.35 bits per heavy atom. The number of hydrogen-bond acceptors (Lipinski definition) is 4. The van der Waals surface area contributed by atoms with E-state index < -0.39 is 12.1 Å². The third-order valence-corrected chi connectivity index (χ3v) is 2.26. The van der Waals surface area contributed by atoms with Crippen LogP contribution in [0.4, 0.5) is 15.3 Å². The van der Waals surface area contributed by atoms with Crippen molar-refractivity contribution < 1.29 is 14.3 Å². The lowest BCUT2D eigenvalue weighted by molar-refractivity contribution is 0.148. The van der Waals surface area contributed by atoms with Crippen LogP contribution < -0.4 is 16.2 Å². The molecule has 0 saturated carbocycles. The molecule has 0 bridgehead atoms. The van der Waals surface area contributed by atoms with Crippen LogP contribution in [0.3, 0.4) is 0 Å². The highest BCUT2D eigenvalue weighted by atomic mass is 16.6. The first-order valence-electron chi connectivity index (χ1n) is 6.24. The summed E-state index contributed by atoms with van der Waals surface area (Å²) in [6, 6.07) is 6.90. The molecule has 7 nitrogen and oxygen atoms in total. The maximum absolute atomic E-state index is 11.5. The molecule has 0 fully saturated rings. The minimum Gasteiger partial charge on any atom is -0.449 e. The van der Waals surface area contributed by atoms with Crippen molar-refractivity contribution in [3.63, 3.8) is 0 Å². The molecular weight excluding hydrogens is 260 g/mol. The summed E-state index contributed by atoms with van der Waals surface area (Å²) in [7, 11) is 3.97. The van der Waals surface area contributed by atoms with E-state index in [1.807, 2.05) is 26.2 Å². The number of rotatable bonds is 4. The van der Waals surface area contributed by atoms with E-state index in [9.17, 15) is 9.59 Å². The number of anilines is 1. The Hall–Kier alpha value is -2.28. The molecule has 1 aromatic carbocycles. The van der Waals surface area contributed by atoms with Gasteiger partial charge in [-0.2, -0.15) is 0 Å². The molecule has 0 heterocycles. The van der Waals surface area contributed by atoms with Gasteiger partial charge < -0.3 is 15.0 Å². The van der Waals surface area contributed by atoms with Gasteiger partial charge in [-0.3, -0.25) is 0 Å². The molecule has 0 saturated heterocycles. The van der Waals surface area contributed by atoms with Gasteiger partial charge >= 0.3 is 12.1 Å². The number of amides is 3. The molecule has 3 N–H and O–H groups in total. The minimum atomic E-state index is -0.705. The van der Waals surface area contributed by atoms with Gasteiger partial charge in [0.15, 0.2) is 0 Å². The number of carbonyl (C=O) groups excluding carboxylic acids is 2. The monoisotopic (exact) mass is 280 g/mol. The van der Waals surface area contributed by atoms with Crippen molar-refractivity contribution in [1.82, 2.24) is 15.8 Å². The van der Waals surface area contributed by atoms with Gasteiger partial charge in [-0.15, -0.1) is 0 Å². The number of benzene rings is 1. The smallest absolute Gasteiger partial charge is 0.426 e. The summed E-state index contributed by atoms with van der Waals surface area (Å²) in [5, 5.41) is 2.59. The second kappa shape index (κ2) is 8.00. The predicted octanol–water partition coefficient (Wildman–Crippen LogP) is 1.53. The van der Waals surface area contributed by atoms with Gasteiger partial charge in [-0.1, -0.05) is 12.1 Å². The molecule has 7 heteroatoms. The SMILES string of the molecule is CCOC(=O)NNC(=O)Nc1ccc(CN(C)C)cc1. The van der Waals surface area contributed by atoms with E-state index in [1.54, 1.807) is 19.1 Å². The van der Waals surface area contributed by atoms with Crippen molar-refractivity contribution in [1.29, 1.82) is 0 Å². The normalized spacial score (nSPS) is 10.0. The highest BCUT2D eigenvalue weighted by Crippen LogP contribution is 2.10. The average Bonchev–Trinajstić information content (AvgIpc) is 2.38. The molecule has 0 spiro atoms. The standard InChI is InChI=1S/C13H20N4O3/c1-4-20-13(19)16-15-12(18)14-11-7-5-10(6-8-11)9-17(2)3/h5-8H,4,9H2,1-3H3,(H,16,19)(H2,14,15,18). The van der Waals surface area contributed by atoms with Gasteiger partial charge in [0.2, 0.25) is 0 Å². The van der Waals surface area contributed by atoms with E-state index in [2.05, 4.69) is 25.8 Å². The Balaban J connectivity index is 2.40. The summed E-state index contributed by atoms with van der Waals surface area (Å²) in [6.45, 7) is 2.74. The Bertz CT molecular complexity index is 445. The lowest BCUT2D eigenvalue weighted by atomic mass is 10.2. The van der Waals surface area contributed by atoms with E-state index >= 15 is 0 Å². The van der Waals surface area contributed by atoms with Crippen LogP contribution >= 0.6 is 0 Å². The predicted molar refractivity (Wildman–Crippen MR) is 76.1 cm³/mol. The number of hydrogen-bond donors (Lipinski definition) is 3. The van der Waals surface area contributed by atoms with E-state index in [-0.39, 0.29) is 6.61 Å². The fraction of sp³-hybridized carbons (Fsp3) is 0.385. The summed E-state index contributed by atoms with van der Waals surface area (Å²) >= 11 is 0. The lowest BCUT2D eigenvalue weighted by Crippen LogP contribution is -2.44. The number of nitrogens with one attached hydrogen (secondary N) is 3. The molecule has 0 unspecified atom stereocenters. The first kappa shape index (κ1) is 15.8. The van der Waals surface area contributed by atoms with Crippen LogP contribution in [-0.4, -0.2) is 37.7 Å². The summed E-state index contributed by atoms with van der Waals surface area (Å²) in [4.78, 5) is 24.5. The molecule has 0 aliphatic carbocycles. The zero-order chi connectivity index (χ0) is 15.0. The van der Waals surface area contributed by atoms with Crippen LogP contribution in [-0.2, 0) is 11.3 Å². The number of urea groups is 1. The third-order valence-electron chi connectivity index (χ3n) is 2.26. The summed E-state index contributed by atoms with van der Waals surface area (Å²) in [5.74, 6) is 0. The largest absolute Gasteiger partial charge is 0.449 e. The first-order valence-corrected chi connectivity index (χ1v) is 6.24. The molecule has 0 aliphatic heterocycles. The summed E-state index contributed by atoms with van der Waals surface area (Å²) in [6.07, 6.45) is -0.705. The second-order valence-corrected chi connectivity index (χ2v) is 4.36. The first-order chi connectivity index (χ1) is 9.51. The lowest BCUT2D eigenvalue weighted by Gasteiger charge is -2.11. The molecule has 0 atom stereocenters. The third kappa shape index (κ3) is 6.05. The molecule has 0 aromatic heterocycles. The van der Waals surface area contributed by atoms with Crippen LogP contribution in [0.25, 0.3) is 0 Å². The molecule has 3 amide bonds. The number of nitrogens with zero attached hydrogens (tertiary/aromatic N) is 1. The van der Waals surface area contributed by atoms with Crippen molar-refractivity contribution in [3.05, 3.63) is 29.8 Å². The average molecular weight is 280 g/mol. The molecule has 0 radical (unpaired) electrons. The fourth-order valence-corrected chi connectivity index (χ4v) is 1.50. The van der Waals surface area contributed by atoms with E-state index in [0.717, 1.165) is 12.1 Å². The van der Waals surface area contributed by atoms with Gasteiger partial charge in [0.25, 0.3) is 0 Å². The number of carbonyl (C=O) groups is 2. The second-order valence-electron chi connectivity index (χ2n) is 4.36. The van der Waals surface area contributed by atoms with Gasteiger partial charge in [0, 0.05) is 12.2 Å². The van der Waals surface area contributed by atoms with Gasteiger partial charge in [-0.25, -0.2) is 20.4 Å². The summed E-state index contributed by atoms with van der Waals surface area (Å²) in [5.41, 5.74) is 6.07. The van der Waals surface area contributed by atoms with Crippen molar-refractivity contribution >= 4 is 17.8 Å². The Kier molecular flexibility index (Phi) is 6.31. The van der Waals surface area contributed by atoms with Gasteiger partial charge in [-0.05, 0) is 38.7 Å². The van der Waals surface area contributed by atoms with Crippen LogP contribution in [0.15, 0.2) is 24.3 Å². The summed E-state index contributed by atoms with van der Waals surface area (Å²) < 4.78 is 4.60. The van der Waals surface area contributed by atoms with Gasteiger partial charge in [0.1, 0.15) is 0 Å². The van der Waals surface area contributed by atoms with E-state index in [0.29, 0.717) is 5.69 Å². The molecule has 1 aromatic rings. The quantitative estimate of drug-likeness (QED) is 0.730. The maximum Gasteiger partial charge on any atom is 0.426 e. The van der Waals surface area contributed by atoms with Crippen molar-refractivity contribution in [2.45, 2.75) is 13.5 Å². The molecule has 1 rings (SSSR count). The van der Waals surface area contributed by atoms with E-state index in [4.69, 9.17) is 0 Å². The van der Waals surface area contributed by atoms with Crippen LogP contribution in [0.5, 0.6) is 0 Å². The van der Waals surface area contributed by atoms with Crippen molar-refractivity contribution in [2.75, 3.05) is 26.0 Å². The Labute approximate surface area is 118 Å².